The third kappa shape index (κ3) is 11.9. The molecule has 4 heterocycles. The lowest BCUT2D eigenvalue weighted by Gasteiger charge is -2.49. The zero-order valence-electron chi connectivity index (χ0n) is 32.3. The van der Waals surface area contributed by atoms with Crippen molar-refractivity contribution < 1.29 is 104 Å². The van der Waals surface area contributed by atoms with Crippen molar-refractivity contribution in [3.8, 4) is 5.75 Å². The van der Waals surface area contributed by atoms with Crippen molar-refractivity contribution in [2.75, 3.05) is 37.6 Å². The first-order chi connectivity index (χ1) is 29.0. The Bertz CT molecular complexity index is 1550. The summed E-state index contributed by atoms with van der Waals surface area (Å²) in [6.07, 6.45) is -33.5. The quantitative estimate of drug-likeness (QED) is 0.0416. The minimum atomic E-state index is -2.01. The van der Waals surface area contributed by atoms with Crippen LogP contribution in [0.5, 0.6) is 5.75 Å². The molecule has 15 N–H and O–H groups in total. The maximum absolute atomic E-state index is 12.1. The van der Waals surface area contributed by atoms with E-state index in [1.807, 2.05) is 0 Å². The van der Waals surface area contributed by atoms with E-state index in [1.54, 1.807) is 12.1 Å². The average molecular weight is 914 g/mol. The van der Waals surface area contributed by atoms with Crippen molar-refractivity contribution in [2.45, 2.75) is 130 Å². The zero-order chi connectivity index (χ0) is 44.7. The van der Waals surface area contributed by atoms with Crippen LogP contribution in [0.3, 0.4) is 0 Å². The predicted molar refractivity (Wildman–Crippen MR) is 208 cm³/mol. The second-order valence-electron chi connectivity index (χ2n) is 14.5. The molecule has 1 amide bonds. The zero-order valence-corrected chi connectivity index (χ0v) is 34.0. The van der Waals surface area contributed by atoms with E-state index in [-0.39, 0.29) is 10.9 Å². The number of aliphatic hydroxyl groups is 12. The molecule has 4 aliphatic rings. The van der Waals surface area contributed by atoms with Crippen LogP contribution in [0.2, 0.25) is 0 Å². The monoisotopic (exact) mass is 913 g/mol. The van der Waals surface area contributed by atoms with Crippen LogP contribution in [0.1, 0.15) is 6.92 Å². The van der Waals surface area contributed by atoms with Crippen LogP contribution in [-0.2, 0) is 38.0 Å². The number of anilines is 1. The van der Waals surface area contributed by atoms with Crippen molar-refractivity contribution in [3.05, 3.63) is 24.3 Å². The molecule has 2 radical (unpaired) electrons. The molecular formula is C34H52BN3O21S2. The van der Waals surface area contributed by atoms with Gasteiger partial charge in [0.05, 0.1) is 32.3 Å². The second kappa shape index (κ2) is 22.6. The Morgan fingerprint density at radius 3 is 1.80 bits per heavy atom. The molecular weight excluding hydrogens is 861 g/mol. The number of nitrogens with one attached hydrogen (secondary N) is 3. The fourth-order valence-electron chi connectivity index (χ4n) is 6.93. The minimum Gasteiger partial charge on any atom is -0.462 e. The first-order valence-electron chi connectivity index (χ1n) is 18.9. The number of carbonyl (C=O) groups excluding carboxylic acids is 1. The summed E-state index contributed by atoms with van der Waals surface area (Å²) in [4.78, 5) is 12.1. The summed E-state index contributed by atoms with van der Waals surface area (Å²) in [6.45, 7) is -2.12. The average Bonchev–Trinajstić information content (AvgIpc) is 3.24. The molecule has 27 heteroatoms. The molecule has 0 saturated carbocycles. The maximum atomic E-state index is 12.1. The number of thiocarbonyl (C=S) groups is 1. The Labute approximate surface area is 358 Å². The largest absolute Gasteiger partial charge is 0.462 e. The number of benzene rings is 1. The number of ether oxygens (including phenoxy) is 8. The standard InChI is InChI=1S/C34H52BN3O21S2/c1-11(42)37-18-23(47)19(43)14(6-39)54-30(18)59-29-25(49)21(45)16(8-41)56-33(29)58-28-22(46)17(9-52-31-26(50)24(48)20(44)15(7-40)55-31)57-32(27(28)51)53-13-4-2-12(3-5-13)38-34(60)36-10-61-35/h2-5,14-33,39-41,43-51H,6-10H2,1H3,(H,37,42)(H2,36,38,60). The first-order valence-corrected chi connectivity index (χ1v) is 20.4. The normalized spacial score (nSPS) is 41.7. The number of hydrogen-bond acceptors (Lipinski definition) is 23. The number of amides is 1. The van der Waals surface area contributed by atoms with Crippen LogP contribution in [0.4, 0.5) is 5.69 Å². The van der Waals surface area contributed by atoms with Gasteiger partial charge in [0.2, 0.25) is 12.2 Å². The van der Waals surface area contributed by atoms with Gasteiger partial charge in [-0.25, -0.2) is 11.6 Å². The van der Waals surface area contributed by atoms with E-state index < -0.39 is 155 Å². The summed E-state index contributed by atoms with van der Waals surface area (Å²) in [5, 5.41) is 136. The Balaban J connectivity index is 1.42. The van der Waals surface area contributed by atoms with Gasteiger partial charge in [-0.05, 0) is 36.5 Å². The van der Waals surface area contributed by atoms with Crippen LogP contribution >= 0.6 is 23.8 Å². The fourth-order valence-corrected chi connectivity index (χ4v) is 7.44. The first kappa shape index (κ1) is 49.8. The molecule has 0 aliphatic carbocycles. The molecule has 4 fully saturated rings. The topological polar surface area (TPSA) is 370 Å². The summed E-state index contributed by atoms with van der Waals surface area (Å²) in [7, 11) is 5.42. The molecule has 20 unspecified atom stereocenters. The highest BCUT2D eigenvalue weighted by Crippen LogP contribution is 2.34. The van der Waals surface area contributed by atoms with Gasteiger partial charge in [0, 0.05) is 12.6 Å². The van der Waals surface area contributed by atoms with E-state index in [4.69, 9.17) is 57.2 Å². The smallest absolute Gasteiger partial charge is 0.229 e. The Morgan fingerprint density at radius 2 is 1.21 bits per heavy atom. The maximum Gasteiger partial charge on any atom is 0.229 e. The lowest BCUT2D eigenvalue weighted by atomic mass is 9.95. The molecule has 1 aromatic carbocycles. The van der Waals surface area contributed by atoms with Crippen molar-refractivity contribution in [1.82, 2.24) is 10.6 Å². The lowest BCUT2D eigenvalue weighted by molar-refractivity contribution is -0.381. The Kier molecular flexibility index (Phi) is 18.5. The summed E-state index contributed by atoms with van der Waals surface area (Å²) >= 11 is 6.23. The summed E-state index contributed by atoms with van der Waals surface area (Å²) in [5.41, 5.74) is 0.522. The molecule has 61 heavy (non-hydrogen) atoms. The van der Waals surface area contributed by atoms with Crippen molar-refractivity contribution in [1.29, 1.82) is 0 Å². The van der Waals surface area contributed by atoms with Crippen LogP contribution in [0.25, 0.3) is 0 Å². The van der Waals surface area contributed by atoms with Crippen LogP contribution in [0, 0.1) is 0 Å². The van der Waals surface area contributed by atoms with E-state index in [0.29, 0.717) is 11.6 Å². The molecule has 24 nitrogen and oxygen atoms in total. The van der Waals surface area contributed by atoms with Crippen molar-refractivity contribution in [3.63, 3.8) is 0 Å². The highest BCUT2D eigenvalue weighted by atomic mass is 32.2. The summed E-state index contributed by atoms with van der Waals surface area (Å²) in [6, 6.07) is 4.52. The van der Waals surface area contributed by atoms with E-state index in [0.717, 1.165) is 18.5 Å². The number of aliphatic hydroxyl groups excluding tert-OH is 12. The fraction of sp³-hybridized carbons (Fsp3) is 0.765. The summed E-state index contributed by atoms with van der Waals surface area (Å²) < 4.78 is 46.3. The molecule has 0 bridgehead atoms. The van der Waals surface area contributed by atoms with Crippen molar-refractivity contribution >= 4 is 47.7 Å². The molecule has 5 rings (SSSR count). The molecule has 4 saturated heterocycles. The second-order valence-corrected chi connectivity index (χ2v) is 15.5. The van der Waals surface area contributed by atoms with E-state index in [9.17, 15) is 66.1 Å². The van der Waals surface area contributed by atoms with E-state index in [1.165, 1.54) is 12.1 Å². The molecule has 1 aromatic rings. The highest BCUT2D eigenvalue weighted by molar-refractivity contribution is 8.19. The lowest BCUT2D eigenvalue weighted by Crippen LogP contribution is -2.69. The van der Waals surface area contributed by atoms with Gasteiger partial charge in [-0.2, -0.15) is 0 Å². The third-order valence-electron chi connectivity index (χ3n) is 10.3. The summed E-state index contributed by atoms with van der Waals surface area (Å²) in [5.74, 6) is -0.279. The third-order valence-corrected chi connectivity index (χ3v) is 10.8. The highest BCUT2D eigenvalue weighted by Gasteiger charge is 2.55. The predicted octanol–water partition coefficient (Wildman–Crippen LogP) is -7.46. The van der Waals surface area contributed by atoms with Crippen LogP contribution in [0.15, 0.2) is 24.3 Å². The van der Waals surface area contributed by atoms with Gasteiger partial charge in [0.15, 0.2) is 31.1 Å². The van der Waals surface area contributed by atoms with Gasteiger partial charge in [-0.3, -0.25) is 4.79 Å². The number of rotatable bonds is 16. The minimum absolute atomic E-state index is 0.0985. The molecule has 344 valence electrons. The van der Waals surface area contributed by atoms with E-state index in [2.05, 4.69) is 16.0 Å². The van der Waals surface area contributed by atoms with Crippen LogP contribution in [-0.4, -0.2) is 234 Å². The van der Waals surface area contributed by atoms with Crippen LogP contribution < -0.4 is 20.7 Å². The SMILES string of the molecule is [B]SCNC(=S)Nc1ccc(OC2OC(COC3OC(CO)C(O)C(O)C3O)C(O)C(OC3OC(CO)C(O)C(O)C3OC3OC(CO)C(O)C(O)C3NC(C)=O)C2O)cc1. The van der Waals surface area contributed by atoms with Crippen molar-refractivity contribution in [2.24, 2.45) is 0 Å². The molecule has 0 spiro atoms. The van der Waals surface area contributed by atoms with E-state index >= 15 is 0 Å². The van der Waals surface area contributed by atoms with Gasteiger partial charge in [0.1, 0.15) is 103 Å². The Hall–Kier alpha value is -2.17. The van der Waals surface area contributed by atoms with Gasteiger partial charge >= 0.3 is 0 Å². The number of hydrogen-bond donors (Lipinski definition) is 15. The molecule has 20 atom stereocenters. The molecule has 4 aliphatic heterocycles. The van der Waals surface area contributed by atoms with Gasteiger partial charge in [0.25, 0.3) is 0 Å². The van der Waals surface area contributed by atoms with Gasteiger partial charge in [-0.15, -0.1) is 0 Å². The Morgan fingerprint density at radius 1 is 0.672 bits per heavy atom. The van der Waals surface area contributed by atoms with Gasteiger partial charge in [-0.1, -0.05) is 0 Å². The van der Waals surface area contributed by atoms with Gasteiger partial charge < -0.3 is 115 Å². The molecule has 0 aromatic heterocycles. The number of carbonyl (C=O) groups is 1.